The molecular formula is C28H54O6. The molecule has 6 heteroatoms. The van der Waals surface area contributed by atoms with E-state index in [1.807, 2.05) is 6.92 Å². The summed E-state index contributed by atoms with van der Waals surface area (Å²) in [5, 5.41) is 0. The lowest BCUT2D eigenvalue weighted by molar-refractivity contribution is 0.00393. The summed E-state index contributed by atoms with van der Waals surface area (Å²) < 4.78 is 20.9. The third-order valence-corrected chi connectivity index (χ3v) is 5.82. The van der Waals surface area contributed by atoms with Crippen LogP contribution in [0.5, 0.6) is 0 Å². The van der Waals surface area contributed by atoms with Crippen molar-refractivity contribution < 1.29 is 28.5 Å². The maximum atomic E-state index is 11.9. The Hall–Kier alpha value is -1.46. The lowest BCUT2D eigenvalue weighted by atomic mass is 10.0. The van der Waals surface area contributed by atoms with Gasteiger partial charge >= 0.3 is 12.3 Å². The Morgan fingerprint density at radius 1 is 0.529 bits per heavy atom. The summed E-state index contributed by atoms with van der Waals surface area (Å²) in [4.78, 5) is 23.7. The molecule has 0 radical (unpaired) electrons. The molecule has 0 fully saturated rings. The van der Waals surface area contributed by atoms with E-state index in [4.69, 9.17) is 18.9 Å². The van der Waals surface area contributed by atoms with Crippen LogP contribution in [0, 0.1) is 11.8 Å². The first-order chi connectivity index (χ1) is 16.3. The molecule has 0 aromatic carbocycles. The van der Waals surface area contributed by atoms with Crippen LogP contribution in [0.15, 0.2) is 0 Å². The van der Waals surface area contributed by atoms with Gasteiger partial charge in [0, 0.05) is 6.42 Å². The van der Waals surface area contributed by atoms with Crippen LogP contribution in [-0.4, -0.2) is 38.2 Å². The van der Waals surface area contributed by atoms with Crippen LogP contribution >= 0.6 is 0 Å². The number of unbranched alkanes of at least 4 members (excludes halogenated alkanes) is 8. The third-order valence-electron chi connectivity index (χ3n) is 5.82. The Balaban J connectivity index is 3.73. The molecule has 0 aliphatic carbocycles. The average molecular weight is 487 g/mol. The molecule has 0 saturated carbocycles. The number of carbonyl (C=O) groups is 2. The summed E-state index contributed by atoms with van der Waals surface area (Å²) in [5.74, 6) is 1.53. The van der Waals surface area contributed by atoms with Crippen molar-refractivity contribution in [1.29, 1.82) is 0 Å². The Bertz CT molecular complexity index is 478. The van der Waals surface area contributed by atoms with Gasteiger partial charge in [0.15, 0.2) is 0 Å². The Morgan fingerprint density at radius 3 is 1.47 bits per heavy atom. The van der Waals surface area contributed by atoms with E-state index in [2.05, 4.69) is 27.7 Å². The zero-order valence-corrected chi connectivity index (χ0v) is 22.9. The molecule has 0 saturated heterocycles. The number of hydrogen-bond acceptors (Lipinski definition) is 6. The van der Waals surface area contributed by atoms with Gasteiger partial charge in [-0.3, -0.25) is 0 Å². The number of rotatable bonds is 22. The topological polar surface area (TPSA) is 71.1 Å². The minimum absolute atomic E-state index is 0.169. The second kappa shape index (κ2) is 23.3. The predicted octanol–water partition coefficient (Wildman–Crippen LogP) is 8.84. The van der Waals surface area contributed by atoms with E-state index in [0.29, 0.717) is 26.1 Å². The van der Waals surface area contributed by atoms with Crippen molar-refractivity contribution in [3.05, 3.63) is 0 Å². The van der Waals surface area contributed by atoms with Crippen molar-refractivity contribution in [2.45, 2.75) is 137 Å². The van der Waals surface area contributed by atoms with E-state index < -0.39 is 12.3 Å². The second-order valence-electron chi connectivity index (χ2n) is 10.3. The molecule has 1 atom stereocenters. The van der Waals surface area contributed by atoms with Gasteiger partial charge < -0.3 is 18.9 Å². The van der Waals surface area contributed by atoms with Gasteiger partial charge in [-0.25, -0.2) is 9.59 Å². The first-order valence-corrected chi connectivity index (χ1v) is 14.0. The molecule has 0 aliphatic heterocycles. The molecule has 0 bridgehead atoms. The van der Waals surface area contributed by atoms with Crippen LogP contribution in [0.25, 0.3) is 0 Å². The van der Waals surface area contributed by atoms with Crippen LogP contribution in [0.4, 0.5) is 9.59 Å². The number of ether oxygens (including phenoxy) is 4. The van der Waals surface area contributed by atoms with Crippen molar-refractivity contribution in [2.75, 3.05) is 19.8 Å². The highest BCUT2D eigenvalue weighted by Crippen LogP contribution is 2.13. The van der Waals surface area contributed by atoms with Crippen molar-refractivity contribution in [3.8, 4) is 0 Å². The van der Waals surface area contributed by atoms with Crippen molar-refractivity contribution in [2.24, 2.45) is 11.8 Å². The summed E-state index contributed by atoms with van der Waals surface area (Å²) in [7, 11) is 0. The van der Waals surface area contributed by atoms with Gasteiger partial charge in [0.05, 0.1) is 19.8 Å². The van der Waals surface area contributed by atoms with E-state index in [-0.39, 0.29) is 12.7 Å². The average Bonchev–Trinajstić information content (AvgIpc) is 2.77. The largest absolute Gasteiger partial charge is 0.508 e. The summed E-state index contributed by atoms with van der Waals surface area (Å²) in [5.41, 5.74) is 0. The molecule has 202 valence electrons. The molecule has 0 rings (SSSR count). The number of carbonyl (C=O) groups excluding carboxylic acids is 2. The quantitative estimate of drug-likeness (QED) is 0.112. The van der Waals surface area contributed by atoms with E-state index in [1.165, 1.54) is 51.4 Å². The zero-order chi connectivity index (χ0) is 25.4. The molecule has 6 nitrogen and oxygen atoms in total. The molecule has 0 spiro atoms. The van der Waals surface area contributed by atoms with Crippen LogP contribution in [0.1, 0.15) is 131 Å². The fourth-order valence-corrected chi connectivity index (χ4v) is 3.75. The molecule has 34 heavy (non-hydrogen) atoms. The highest BCUT2D eigenvalue weighted by molar-refractivity contribution is 5.60. The lowest BCUT2D eigenvalue weighted by Crippen LogP contribution is -2.22. The summed E-state index contributed by atoms with van der Waals surface area (Å²) in [6.07, 6.45) is 14.3. The van der Waals surface area contributed by atoms with E-state index in [1.54, 1.807) is 0 Å². The van der Waals surface area contributed by atoms with Crippen molar-refractivity contribution in [1.82, 2.24) is 0 Å². The predicted molar refractivity (Wildman–Crippen MR) is 138 cm³/mol. The minimum Gasteiger partial charge on any atom is -0.434 e. The van der Waals surface area contributed by atoms with Gasteiger partial charge in [-0.2, -0.15) is 0 Å². The summed E-state index contributed by atoms with van der Waals surface area (Å²) in [6, 6.07) is 0. The third kappa shape index (κ3) is 23.7. The van der Waals surface area contributed by atoms with Gasteiger partial charge in [0.1, 0.15) is 6.10 Å². The van der Waals surface area contributed by atoms with Crippen molar-refractivity contribution >= 4 is 12.3 Å². The summed E-state index contributed by atoms with van der Waals surface area (Å²) in [6.45, 7) is 12.0. The van der Waals surface area contributed by atoms with Gasteiger partial charge in [-0.1, -0.05) is 105 Å². The Kier molecular flexibility index (Phi) is 22.3. The molecule has 0 aromatic rings. The first-order valence-electron chi connectivity index (χ1n) is 14.0. The Labute approximate surface area is 209 Å². The normalized spacial score (nSPS) is 12.1. The SMILES string of the molecule is CCCC(CCOC(=O)OCCCCCCCCC(C)C)OC(=O)OCCCCCCC(C)C. The summed E-state index contributed by atoms with van der Waals surface area (Å²) >= 11 is 0. The van der Waals surface area contributed by atoms with Crippen LogP contribution in [0.2, 0.25) is 0 Å². The highest BCUT2D eigenvalue weighted by atomic mass is 16.7. The smallest absolute Gasteiger partial charge is 0.434 e. The second-order valence-corrected chi connectivity index (χ2v) is 10.3. The van der Waals surface area contributed by atoms with E-state index >= 15 is 0 Å². The van der Waals surface area contributed by atoms with E-state index in [0.717, 1.165) is 43.9 Å². The first kappa shape index (κ1) is 32.5. The van der Waals surface area contributed by atoms with Gasteiger partial charge in [-0.15, -0.1) is 0 Å². The van der Waals surface area contributed by atoms with Crippen LogP contribution in [-0.2, 0) is 18.9 Å². The molecule has 1 unspecified atom stereocenters. The highest BCUT2D eigenvalue weighted by Gasteiger charge is 2.16. The molecule has 0 aliphatic rings. The number of hydrogen-bond donors (Lipinski definition) is 0. The van der Waals surface area contributed by atoms with E-state index in [9.17, 15) is 9.59 Å². The molecule has 0 amide bonds. The minimum atomic E-state index is -0.646. The fraction of sp³-hybridized carbons (Fsp3) is 0.929. The monoisotopic (exact) mass is 486 g/mol. The molecular weight excluding hydrogens is 432 g/mol. The zero-order valence-electron chi connectivity index (χ0n) is 22.9. The van der Waals surface area contributed by atoms with Crippen LogP contribution < -0.4 is 0 Å². The standard InChI is InChI=1S/C28H54O6/c1-6-17-26(34-28(30)32-22-16-12-10-14-19-25(4)5)20-23-33-27(29)31-21-15-11-8-7-9-13-18-24(2)3/h24-26H,6-23H2,1-5H3. The maximum Gasteiger partial charge on any atom is 0.508 e. The van der Waals surface area contributed by atoms with Gasteiger partial charge in [-0.05, 0) is 31.1 Å². The van der Waals surface area contributed by atoms with Crippen LogP contribution in [0.3, 0.4) is 0 Å². The molecule has 0 aromatic heterocycles. The molecule has 0 N–H and O–H groups in total. The van der Waals surface area contributed by atoms with Gasteiger partial charge in [0.2, 0.25) is 0 Å². The van der Waals surface area contributed by atoms with Crippen molar-refractivity contribution in [3.63, 3.8) is 0 Å². The Morgan fingerprint density at radius 2 is 0.971 bits per heavy atom. The maximum absolute atomic E-state index is 11.9. The molecule has 0 heterocycles. The van der Waals surface area contributed by atoms with Gasteiger partial charge in [0.25, 0.3) is 0 Å². The lowest BCUT2D eigenvalue weighted by Gasteiger charge is -2.17. The fourth-order valence-electron chi connectivity index (χ4n) is 3.75.